The molecule has 0 bridgehead atoms. The number of rotatable bonds is 8. The van der Waals surface area contributed by atoms with Gasteiger partial charge in [-0.2, -0.15) is 5.21 Å². The molecule has 1 amide bonds. The number of H-pyrrole nitrogens is 1. The van der Waals surface area contributed by atoms with E-state index in [1.807, 2.05) is 39.8 Å². The molecular weight excluding hydrogens is 426 g/mol. The smallest absolute Gasteiger partial charge is 0.410 e. The van der Waals surface area contributed by atoms with Crippen LogP contribution in [-0.2, 0) is 16.0 Å². The maximum Gasteiger partial charge on any atom is 0.410 e. The van der Waals surface area contributed by atoms with Gasteiger partial charge in [-0.25, -0.2) is 9.78 Å². The number of aromatic nitrogens is 5. The summed E-state index contributed by atoms with van der Waals surface area (Å²) in [5.74, 6) is -0.482. The second kappa shape index (κ2) is 10.1. The van der Waals surface area contributed by atoms with Crippen LogP contribution in [0.3, 0.4) is 0 Å². The van der Waals surface area contributed by atoms with Crippen molar-refractivity contribution < 1.29 is 19.4 Å². The van der Waals surface area contributed by atoms with Crippen LogP contribution in [0.25, 0.3) is 0 Å². The largest absolute Gasteiger partial charge is 0.481 e. The van der Waals surface area contributed by atoms with Crippen molar-refractivity contribution in [3.63, 3.8) is 0 Å². The van der Waals surface area contributed by atoms with E-state index in [1.165, 1.54) is 0 Å². The van der Waals surface area contributed by atoms with Crippen molar-refractivity contribution in [2.24, 2.45) is 11.8 Å². The second-order valence-electron chi connectivity index (χ2n) is 8.94. The van der Waals surface area contributed by atoms with Crippen LogP contribution in [-0.4, -0.2) is 80.0 Å². The molecule has 2 aromatic heterocycles. The molecule has 2 saturated heterocycles. The topological polar surface area (TPSA) is 137 Å². The van der Waals surface area contributed by atoms with E-state index < -0.39 is 23.4 Å². The molecule has 2 N–H and O–H groups in total. The maximum absolute atomic E-state index is 12.0. The number of carboxylic acid groups (broad SMARTS) is 1. The van der Waals surface area contributed by atoms with Gasteiger partial charge < -0.3 is 19.6 Å². The van der Waals surface area contributed by atoms with Gasteiger partial charge in [-0.3, -0.25) is 4.79 Å². The summed E-state index contributed by atoms with van der Waals surface area (Å²) >= 11 is 0. The first kappa shape index (κ1) is 24.4. The average molecular weight is 460 g/mol. The molecule has 11 heteroatoms. The number of tetrazole rings is 1. The lowest BCUT2D eigenvalue weighted by Gasteiger charge is -2.46. The predicted octanol–water partition coefficient (Wildman–Crippen LogP) is 2.33. The van der Waals surface area contributed by atoms with Crippen LogP contribution in [0.4, 0.5) is 10.6 Å². The van der Waals surface area contributed by atoms with Gasteiger partial charge in [-0.15, -0.1) is 10.2 Å². The number of aromatic amines is 1. The number of likely N-dealkylation sites (N-methyl/N-ethyl adjacent to an activating group) is 1. The van der Waals surface area contributed by atoms with E-state index in [4.69, 9.17) is 4.74 Å². The number of hydrogen-bond donors (Lipinski definition) is 2. The van der Waals surface area contributed by atoms with Crippen molar-refractivity contribution in [2.45, 2.75) is 52.1 Å². The summed E-state index contributed by atoms with van der Waals surface area (Å²) in [6.07, 6.45) is 2.44. The maximum atomic E-state index is 12.0. The third kappa shape index (κ3) is 5.40. The third-order valence-corrected chi connectivity index (χ3v) is 5.91. The van der Waals surface area contributed by atoms with E-state index in [-0.39, 0.29) is 12.0 Å². The lowest BCUT2D eigenvalue weighted by molar-refractivity contribution is -0.143. The van der Waals surface area contributed by atoms with Crippen molar-refractivity contribution in [3.8, 4) is 0 Å². The zero-order valence-electron chi connectivity index (χ0n) is 19.9. The fraction of sp³-hybridized carbons (Fsp3) is 0.636. The minimum atomic E-state index is -0.866. The van der Waals surface area contributed by atoms with Gasteiger partial charge >= 0.3 is 12.1 Å². The van der Waals surface area contributed by atoms with Gasteiger partial charge in [0.2, 0.25) is 0 Å². The number of nitrogens with one attached hydrogen (secondary N) is 1. The number of anilines is 1. The summed E-state index contributed by atoms with van der Waals surface area (Å²) in [6.45, 7) is 9.80. The highest BCUT2D eigenvalue weighted by Gasteiger charge is 2.53. The summed E-state index contributed by atoms with van der Waals surface area (Å²) in [6, 6.07) is 3.86. The summed E-state index contributed by atoms with van der Waals surface area (Å²) in [5, 5.41) is 24.0. The number of carbonyl (C=O) groups is 2. The molecule has 2 aliphatic heterocycles. The van der Waals surface area contributed by atoms with E-state index in [0.717, 1.165) is 11.4 Å². The molecule has 0 radical (unpaired) electrons. The zero-order valence-corrected chi connectivity index (χ0v) is 19.9. The molecule has 0 aliphatic carbocycles. The number of amides is 1. The summed E-state index contributed by atoms with van der Waals surface area (Å²) in [5.41, 5.74) is 0.456. The van der Waals surface area contributed by atoms with E-state index in [2.05, 4.69) is 30.5 Å². The number of hydrogen-bond acceptors (Lipinski definition) is 8. The van der Waals surface area contributed by atoms with E-state index >= 15 is 0 Å². The molecule has 2 fully saturated rings. The Bertz CT molecular complexity index is 927. The number of carboxylic acids is 1. The van der Waals surface area contributed by atoms with Gasteiger partial charge in [0.05, 0.1) is 25.6 Å². The van der Waals surface area contributed by atoms with Crippen LogP contribution < -0.4 is 4.90 Å². The highest BCUT2D eigenvalue weighted by Crippen LogP contribution is 2.35. The highest BCUT2D eigenvalue weighted by atomic mass is 16.6. The first-order valence-corrected chi connectivity index (χ1v) is 11.4. The molecular formula is C22H33N7O4. The van der Waals surface area contributed by atoms with Gasteiger partial charge in [0, 0.05) is 19.2 Å². The minimum absolute atomic E-state index is 0.221. The lowest BCUT2D eigenvalue weighted by atomic mass is 9.81. The molecule has 1 spiro atoms. The highest BCUT2D eigenvalue weighted by molar-refractivity contribution is 5.72. The molecule has 180 valence electrons. The Labute approximate surface area is 193 Å². The first-order valence-electron chi connectivity index (χ1n) is 11.4. The van der Waals surface area contributed by atoms with Crippen LogP contribution in [0.5, 0.6) is 0 Å². The molecule has 2 aromatic rings. The Balaban J connectivity index is 0.00000149. The monoisotopic (exact) mass is 459 g/mol. The van der Waals surface area contributed by atoms with E-state index in [0.29, 0.717) is 38.3 Å². The lowest BCUT2D eigenvalue weighted by Crippen LogP contribution is -2.64. The standard InChI is InChI=1S/C20H27N7O4.C2H6/c1-12(2)6-15(18(28)29)14(17-22-24-25-23-17)7-13-4-5-16(21-8-13)27-10-20(11-27)9-26(3)19(30)31-20;1-2/h4-5,8,12,14-15H,6-7,9-11H2,1-3H3,(H,28,29)(H,22,23,24,25);1-2H3/t14-,15-;/m0./s1. The Hall–Kier alpha value is -3.24. The Morgan fingerprint density at radius 1 is 1.27 bits per heavy atom. The molecule has 4 rings (SSSR count). The van der Waals surface area contributed by atoms with Gasteiger partial charge in [-0.05, 0) is 30.4 Å². The molecule has 4 heterocycles. The normalized spacial score (nSPS) is 18.4. The summed E-state index contributed by atoms with van der Waals surface area (Å²) in [7, 11) is 1.73. The van der Waals surface area contributed by atoms with Gasteiger partial charge in [-0.1, -0.05) is 39.0 Å². The molecule has 2 aliphatic rings. The van der Waals surface area contributed by atoms with Crippen molar-refractivity contribution >= 4 is 17.9 Å². The fourth-order valence-corrected chi connectivity index (χ4v) is 4.43. The van der Waals surface area contributed by atoms with Crippen molar-refractivity contribution in [1.29, 1.82) is 0 Å². The second-order valence-corrected chi connectivity index (χ2v) is 8.94. The van der Waals surface area contributed by atoms with Crippen LogP contribution in [0.15, 0.2) is 18.3 Å². The van der Waals surface area contributed by atoms with Gasteiger partial charge in [0.1, 0.15) is 5.82 Å². The quantitative estimate of drug-likeness (QED) is 0.609. The van der Waals surface area contributed by atoms with Gasteiger partial charge in [0.15, 0.2) is 11.4 Å². The van der Waals surface area contributed by atoms with Crippen molar-refractivity contribution in [3.05, 3.63) is 29.7 Å². The van der Waals surface area contributed by atoms with Crippen LogP contribution in [0.1, 0.15) is 51.4 Å². The Morgan fingerprint density at radius 2 is 2.00 bits per heavy atom. The molecule has 11 nitrogen and oxygen atoms in total. The number of aliphatic carboxylic acids is 1. The molecule has 0 saturated carbocycles. The Morgan fingerprint density at radius 3 is 2.48 bits per heavy atom. The number of ether oxygens (including phenoxy) is 1. The van der Waals surface area contributed by atoms with Crippen LogP contribution in [0.2, 0.25) is 0 Å². The summed E-state index contributed by atoms with van der Waals surface area (Å²) < 4.78 is 5.49. The number of nitrogens with zero attached hydrogens (tertiary/aromatic N) is 6. The fourth-order valence-electron chi connectivity index (χ4n) is 4.43. The SMILES string of the molecule is CC.CC(C)C[C@H](C(=O)O)[C@H](Cc1ccc(N2CC3(CN(C)C(=O)O3)C2)nc1)c1nn[nH]n1. The predicted molar refractivity (Wildman–Crippen MR) is 121 cm³/mol. The summed E-state index contributed by atoms with van der Waals surface area (Å²) in [4.78, 5) is 31.8. The van der Waals surface area contributed by atoms with Crippen LogP contribution in [0, 0.1) is 11.8 Å². The molecule has 33 heavy (non-hydrogen) atoms. The zero-order chi connectivity index (χ0) is 24.2. The van der Waals surface area contributed by atoms with E-state index in [9.17, 15) is 14.7 Å². The minimum Gasteiger partial charge on any atom is -0.481 e. The third-order valence-electron chi connectivity index (χ3n) is 5.91. The Kier molecular flexibility index (Phi) is 7.50. The molecule has 0 aromatic carbocycles. The van der Waals surface area contributed by atoms with Gasteiger partial charge in [0.25, 0.3) is 0 Å². The first-order chi connectivity index (χ1) is 15.8. The number of carbonyl (C=O) groups excluding carboxylic acids is 1. The van der Waals surface area contributed by atoms with Crippen LogP contribution >= 0.6 is 0 Å². The number of pyridine rings is 1. The molecule has 2 atom stereocenters. The van der Waals surface area contributed by atoms with Crippen molar-refractivity contribution in [2.75, 3.05) is 31.6 Å². The van der Waals surface area contributed by atoms with Crippen molar-refractivity contribution in [1.82, 2.24) is 30.5 Å². The van der Waals surface area contributed by atoms with E-state index in [1.54, 1.807) is 18.1 Å². The molecule has 0 unspecified atom stereocenters. The average Bonchev–Trinajstić information content (AvgIpc) is 3.40.